The molecule has 0 spiro atoms. The molecule has 0 radical (unpaired) electrons. The van der Waals surface area contributed by atoms with Gasteiger partial charge in [0.2, 0.25) is 5.91 Å². The quantitative estimate of drug-likeness (QED) is 0.637. The van der Waals surface area contributed by atoms with E-state index in [1.807, 2.05) is 9.47 Å². The number of nitrogens with zero attached hydrogens (tertiary/aromatic N) is 4. The minimum absolute atomic E-state index is 0.00000214. The lowest BCUT2D eigenvalue weighted by Gasteiger charge is -2.17. The summed E-state index contributed by atoms with van der Waals surface area (Å²) in [7, 11) is 1.48. The maximum atomic E-state index is 15.1. The molecule has 1 amide bonds. The predicted molar refractivity (Wildman–Crippen MR) is 116 cm³/mol. The number of likely N-dealkylation sites (tertiary alicyclic amines) is 1. The fourth-order valence-corrected chi connectivity index (χ4v) is 4.39. The van der Waals surface area contributed by atoms with Gasteiger partial charge < -0.3 is 19.3 Å². The van der Waals surface area contributed by atoms with Crippen LogP contribution in [0.25, 0.3) is 22.5 Å². The number of benzene rings is 2. The molecule has 1 atom stereocenters. The van der Waals surface area contributed by atoms with E-state index in [-0.39, 0.29) is 17.6 Å². The highest BCUT2D eigenvalue weighted by atomic mass is 19.1. The van der Waals surface area contributed by atoms with E-state index in [2.05, 4.69) is 10.2 Å². The van der Waals surface area contributed by atoms with Crippen molar-refractivity contribution in [3.8, 4) is 34.0 Å². The van der Waals surface area contributed by atoms with Crippen molar-refractivity contribution >= 4 is 5.91 Å². The number of aromatic hydroxyl groups is 1. The highest BCUT2D eigenvalue weighted by Gasteiger charge is 2.36. The molecule has 2 aliphatic rings. The largest absolute Gasteiger partial charge is 0.504 e. The molecule has 1 aliphatic heterocycles. The zero-order valence-electron chi connectivity index (χ0n) is 17.9. The van der Waals surface area contributed by atoms with E-state index < -0.39 is 5.82 Å². The molecule has 5 rings (SSSR count). The second kappa shape index (κ2) is 8.26. The zero-order valence-corrected chi connectivity index (χ0v) is 17.9. The van der Waals surface area contributed by atoms with Crippen molar-refractivity contribution in [1.82, 2.24) is 19.7 Å². The first-order valence-corrected chi connectivity index (χ1v) is 10.9. The van der Waals surface area contributed by atoms with E-state index in [1.54, 1.807) is 36.7 Å². The van der Waals surface area contributed by atoms with Gasteiger partial charge >= 0.3 is 0 Å². The van der Waals surface area contributed by atoms with Crippen molar-refractivity contribution in [1.29, 1.82) is 0 Å². The smallest absolute Gasteiger partial charge is 0.225 e. The number of amides is 1. The lowest BCUT2D eigenvalue weighted by atomic mass is 10.0. The SMILES string of the molecule is COc1ccc(-c2ccc(-c3nncn3C[C@@H]3CCN(C(=O)C4CC4)C3)c(F)c2)cc1O. The fraction of sp³-hybridized carbons (Fsp3) is 0.375. The van der Waals surface area contributed by atoms with Gasteiger partial charge in [0.25, 0.3) is 0 Å². The van der Waals surface area contributed by atoms with Crippen LogP contribution in [0.5, 0.6) is 11.5 Å². The monoisotopic (exact) mass is 436 g/mol. The van der Waals surface area contributed by atoms with E-state index in [4.69, 9.17) is 4.74 Å². The number of ether oxygens (including phenoxy) is 1. The highest BCUT2D eigenvalue weighted by Crippen LogP contribution is 2.35. The van der Waals surface area contributed by atoms with Gasteiger partial charge in [-0.2, -0.15) is 0 Å². The number of aromatic nitrogens is 3. The molecule has 2 fully saturated rings. The van der Waals surface area contributed by atoms with Gasteiger partial charge in [-0.15, -0.1) is 10.2 Å². The topological polar surface area (TPSA) is 80.5 Å². The average molecular weight is 436 g/mol. The Kier molecular flexibility index (Phi) is 5.28. The van der Waals surface area contributed by atoms with Crippen LogP contribution < -0.4 is 4.74 Å². The first-order valence-electron chi connectivity index (χ1n) is 10.9. The van der Waals surface area contributed by atoms with Crippen molar-refractivity contribution in [2.75, 3.05) is 20.2 Å². The molecule has 1 N–H and O–H groups in total. The molecule has 1 saturated carbocycles. The summed E-state index contributed by atoms with van der Waals surface area (Å²) in [6, 6.07) is 9.87. The van der Waals surface area contributed by atoms with E-state index in [0.717, 1.165) is 32.4 Å². The van der Waals surface area contributed by atoms with Crippen LogP contribution in [0.2, 0.25) is 0 Å². The third-order valence-electron chi connectivity index (χ3n) is 6.32. The van der Waals surface area contributed by atoms with Gasteiger partial charge in [-0.05, 0) is 60.6 Å². The van der Waals surface area contributed by atoms with E-state index in [0.29, 0.717) is 40.7 Å². The van der Waals surface area contributed by atoms with Crippen molar-refractivity contribution in [3.63, 3.8) is 0 Å². The number of hydrogen-bond donors (Lipinski definition) is 1. The van der Waals surface area contributed by atoms with Gasteiger partial charge in [-0.25, -0.2) is 4.39 Å². The third-order valence-corrected chi connectivity index (χ3v) is 6.32. The van der Waals surface area contributed by atoms with Crippen molar-refractivity contribution < 1.29 is 19.0 Å². The Balaban J connectivity index is 1.33. The van der Waals surface area contributed by atoms with Gasteiger partial charge in [-0.1, -0.05) is 12.1 Å². The number of rotatable bonds is 6. The highest BCUT2D eigenvalue weighted by molar-refractivity contribution is 5.81. The molecule has 1 aliphatic carbocycles. The lowest BCUT2D eigenvalue weighted by Crippen LogP contribution is -2.30. The minimum atomic E-state index is -0.413. The van der Waals surface area contributed by atoms with Crippen LogP contribution in [0, 0.1) is 17.7 Å². The maximum Gasteiger partial charge on any atom is 0.225 e. The second-order valence-electron chi connectivity index (χ2n) is 8.60. The molecule has 2 heterocycles. The molecule has 8 heteroatoms. The first kappa shape index (κ1) is 20.5. The zero-order chi connectivity index (χ0) is 22.2. The molecule has 32 heavy (non-hydrogen) atoms. The molecule has 1 aromatic heterocycles. The Hall–Kier alpha value is -3.42. The van der Waals surface area contributed by atoms with Crippen LogP contribution >= 0.6 is 0 Å². The number of carbonyl (C=O) groups is 1. The summed E-state index contributed by atoms with van der Waals surface area (Å²) in [5.41, 5.74) is 1.69. The fourth-order valence-electron chi connectivity index (χ4n) is 4.39. The summed E-state index contributed by atoms with van der Waals surface area (Å²) in [4.78, 5) is 14.3. The van der Waals surface area contributed by atoms with Gasteiger partial charge in [0, 0.05) is 25.6 Å². The van der Waals surface area contributed by atoms with E-state index >= 15 is 4.39 Å². The van der Waals surface area contributed by atoms with Gasteiger partial charge in [-0.3, -0.25) is 4.79 Å². The van der Waals surface area contributed by atoms with Gasteiger partial charge in [0.05, 0.1) is 12.7 Å². The Morgan fingerprint density at radius 2 is 1.97 bits per heavy atom. The van der Waals surface area contributed by atoms with Crippen molar-refractivity contribution in [2.24, 2.45) is 11.8 Å². The Bertz CT molecular complexity index is 1160. The molecule has 2 aromatic carbocycles. The lowest BCUT2D eigenvalue weighted by molar-refractivity contribution is -0.131. The molecule has 7 nitrogen and oxygen atoms in total. The molecule has 1 saturated heterocycles. The number of methoxy groups -OCH3 is 1. The minimum Gasteiger partial charge on any atom is -0.504 e. The number of phenols is 1. The van der Waals surface area contributed by atoms with Crippen molar-refractivity contribution in [2.45, 2.75) is 25.8 Å². The average Bonchev–Trinajstić information content (AvgIpc) is 3.38. The van der Waals surface area contributed by atoms with Crippen molar-refractivity contribution in [3.05, 3.63) is 48.5 Å². The van der Waals surface area contributed by atoms with Crippen LogP contribution in [0.3, 0.4) is 0 Å². The van der Waals surface area contributed by atoms with Crippen LogP contribution in [-0.2, 0) is 11.3 Å². The molecule has 0 bridgehead atoms. The second-order valence-corrected chi connectivity index (χ2v) is 8.60. The Morgan fingerprint density at radius 1 is 1.19 bits per heavy atom. The van der Waals surface area contributed by atoms with Crippen LogP contribution in [0.1, 0.15) is 19.3 Å². The van der Waals surface area contributed by atoms with Crippen LogP contribution in [-0.4, -0.2) is 50.9 Å². The van der Waals surface area contributed by atoms with E-state index in [1.165, 1.54) is 13.2 Å². The van der Waals surface area contributed by atoms with Gasteiger partial charge in [0.1, 0.15) is 12.1 Å². The molecule has 3 aromatic rings. The van der Waals surface area contributed by atoms with Crippen LogP contribution in [0.15, 0.2) is 42.7 Å². The summed E-state index contributed by atoms with van der Waals surface area (Å²) in [5, 5.41) is 18.2. The summed E-state index contributed by atoms with van der Waals surface area (Å²) in [6.45, 7) is 2.16. The number of phenolic OH excluding ortho intramolecular Hbond substituents is 1. The van der Waals surface area contributed by atoms with Gasteiger partial charge in [0.15, 0.2) is 17.3 Å². The van der Waals surface area contributed by atoms with E-state index in [9.17, 15) is 9.90 Å². The number of carbonyl (C=O) groups excluding carboxylic acids is 1. The molecule has 166 valence electrons. The summed E-state index contributed by atoms with van der Waals surface area (Å²) < 4.78 is 22.0. The molecular formula is C24H25FN4O3. The number of hydrogen-bond acceptors (Lipinski definition) is 5. The number of halogens is 1. The molecule has 0 unspecified atom stereocenters. The third kappa shape index (κ3) is 3.92. The summed E-state index contributed by atoms with van der Waals surface area (Å²) >= 11 is 0. The standard InChI is InChI=1S/C24H25FN4O3/c1-32-22-7-5-18(11-21(22)30)17-4-6-19(20(25)10-17)23-27-26-14-29(23)13-15-8-9-28(12-15)24(31)16-2-3-16/h4-7,10-11,14-16,30H,2-3,8-9,12-13H2,1H3/t15-/m1/s1. The normalized spacial score (nSPS) is 18.2. The Morgan fingerprint density at radius 3 is 2.69 bits per heavy atom. The van der Waals surface area contributed by atoms with Crippen LogP contribution in [0.4, 0.5) is 4.39 Å². The Labute approximate surface area is 185 Å². The molecular weight excluding hydrogens is 411 g/mol. The predicted octanol–water partition coefficient (Wildman–Crippen LogP) is 3.72. The summed E-state index contributed by atoms with van der Waals surface area (Å²) in [6.07, 6.45) is 4.58. The maximum absolute atomic E-state index is 15.1. The summed E-state index contributed by atoms with van der Waals surface area (Å²) in [5.74, 6) is 1.24. The first-order chi connectivity index (χ1) is 15.5.